The van der Waals surface area contributed by atoms with Gasteiger partial charge in [0.25, 0.3) is 5.91 Å². The first kappa shape index (κ1) is 14.7. The summed E-state index contributed by atoms with van der Waals surface area (Å²) in [6, 6.07) is 4.68. The molecule has 9 heteroatoms. The van der Waals surface area contributed by atoms with Crippen molar-refractivity contribution >= 4 is 17.5 Å². The minimum absolute atomic E-state index is 0.0746. The Bertz CT molecular complexity index is 631. The van der Waals surface area contributed by atoms with Crippen LogP contribution in [0.4, 0.5) is 24.7 Å². The largest absolute Gasteiger partial charge is 0.573 e. The minimum Gasteiger partial charge on any atom is -0.406 e. The fourth-order valence-electron chi connectivity index (χ4n) is 1.60. The number of alkyl halides is 3. The molecule has 2 aromatic rings. The zero-order chi connectivity index (χ0) is 15.6. The number of benzene rings is 1. The summed E-state index contributed by atoms with van der Waals surface area (Å²) < 4.78 is 44.4. The average Bonchev–Trinajstić information content (AvgIpc) is 2.70. The lowest BCUT2D eigenvalue weighted by atomic mass is 10.2. The lowest BCUT2D eigenvalue weighted by molar-refractivity contribution is -0.274. The quantitative estimate of drug-likeness (QED) is 0.909. The molecule has 0 fully saturated rings. The van der Waals surface area contributed by atoms with Gasteiger partial charge in [0, 0.05) is 5.69 Å². The van der Waals surface area contributed by atoms with E-state index < -0.39 is 12.3 Å². The number of amides is 1. The Hall–Kier alpha value is -2.71. The second-order valence-corrected chi connectivity index (χ2v) is 4.03. The highest BCUT2D eigenvalue weighted by atomic mass is 19.4. The number of halogens is 3. The maximum atomic E-state index is 12.0. The van der Waals surface area contributed by atoms with Crippen molar-refractivity contribution in [3.63, 3.8) is 0 Å². The van der Waals surface area contributed by atoms with Crippen molar-refractivity contribution in [2.45, 2.75) is 13.3 Å². The molecule has 0 saturated carbocycles. The van der Waals surface area contributed by atoms with Crippen LogP contribution in [-0.2, 0) is 0 Å². The molecule has 1 amide bonds. The fourth-order valence-corrected chi connectivity index (χ4v) is 1.60. The van der Waals surface area contributed by atoms with Crippen molar-refractivity contribution in [3.8, 4) is 5.75 Å². The maximum absolute atomic E-state index is 12.0. The molecule has 6 nitrogen and oxygen atoms in total. The highest BCUT2D eigenvalue weighted by Crippen LogP contribution is 2.24. The number of ether oxygens (including phenoxy) is 1. The number of hydrogen-bond donors (Lipinski definition) is 2. The Balaban J connectivity index is 2.09. The molecule has 112 valence electrons. The van der Waals surface area contributed by atoms with Crippen LogP contribution in [0.5, 0.6) is 5.75 Å². The van der Waals surface area contributed by atoms with Gasteiger partial charge in [0.05, 0.1) is 5.69 Å². The van der Waals surface area contributed by atoms with Gasteiger partial charge in [-0.15, -0.1) is 13.2 Å². The van der Waals surface area contributed by atoms with E-state index in [0.29, 0.717) is 5.69 Å². The Labute approximate surface area is 116 Å². The molecule has 21 heavy (non-hydrogen) atoms. The van der Waals surface area contributed by atoms with Crippen LogP contribution in [0.3, 0.4) is 0 Å². The van der Waals surface area contributed by atoms with Crippen LogP contribution in [0.25, 0.3) is 0 Å². The van der Waals surface area contributed by atoms with Crippen molar-refractivity contribution in [1.29, 1.82) is 0 Å². The molecule has 0 aliphatic carbocycles. The molecule has 0 unspecified atom stereocenters. The molecule has 0 bridgehead atoms. The number of carbonyl (C=O) groups is 1. The molecule has 2 rings (SSSR count). The van der Waals surface area contributed by atoms with Gasteiger partial charge in [-0.05, 0) is 31.2 Å². The third-order valence-electron chi connectivity index (χ3n) is 2.46. The van der Waals surface area contributed by atoms with Crippen LogP contribution in [0, 0.1) is 6.92 Å². The Morgan fingerprint density at radius 1 is 1.33 bits per heavy atom. The average molecular weight is 301 g/mol. The third kappa shape index (κ3) is 3.65. The summed E-state index contributed by atoms with van der Waals surface area (Å²) in [6.07, 6.45) is -4.77. The SMILES string of the molecule is Cc1noc(N)c1C(=O)Nc1ccc(OC(F)(F)F)cc1. The normalized spacial score (nSPS) is 11.2. The van der Waals surface area contributed by atoms with Gasteiger partial charge >= 0.3 is 6.36 Å². The van der Waals surface area contributed by atoms with Crippen LogP contribution in [-0.4, -0.2) is 17.4 Å². The number of carbonyl (C=O) groups excluding carboxylic acids is 1. The van der Waals surface area contributed by atoms with Crippen molar-refractivity contribution in [1.82, 2.24) is 5.16 Å². The van der Waals surface area contributed by atoms with Crippen molar-refractivity contribution in [3.05, 3.63) is 35.5 Å². The first-order chi connectivity index (χ1) is 9.76. The van der Waals surface area contributed by atoms with Crippen molar-refractivity contribution in [2.24, 2.45) is 0 Å². The number of nitrogens with one attached hydrogen (secondary N) is 1. The molecule has 0 radical (unpaired) electrons. The molecule has 0 atom stereocenters. The molecule has 0 aliphatic heterocycles. The topological polar surface area (TPSA) is 90.4 Å². The Morgan fingerprint density at radius 3 is 2.43 bits per heavy atom. The van der Waals surface area contributed by atoms with Gasteiger partial charge in [-0.25, -0.2) is 0 Å². The Kier molecular flexibility index (Phi) is 3.74. The van der Waals surface area contributed by atoms with Gasteiger partial charge in [0.2, 0.25) is 5.88 Å². The number of nitrogen functional groups attached to an aromatic ring is 1. The number of rotatable bonds is 3. The number of anilines is 2. The van der Waals surface area contributed by atoms with E-state index in [0.717, 1.165) is 12.1 Å². The predicted molar refractivity (Wildman–Crippen MR) is 66.7 cm³/mol. The number of aromatic nitrogens is 1. The molecule has 0 spiro atoms. The third-order valence-corrected chi connectivity index (χ3v) is 2.46. The second kappa shape index (κ2) is 5.35. The van der Waals surface area contributed by atoms with Crippen LogP contribution in [0.2, 0.25) is 0 Å². The molecule has 3 N–H and O–H groups in total. The first-order valence-electron chi connectivity index (χ1n) is 5.65. The van der Waals surface area contributed by atoms with E-state index >= 15 is 0 Å². The molecular weight excluding hydrogens is 291 g/mol. The van der Waals surface area contributed by atoms with Crippen LogP contribution >= 0.6 is 0 Å². The van der Waals surface area contributed by atoms with Crippen molar-refractivity contribution < 1.29 is 27.2 Å². The summed E-state index contributed by atoms with van der Waals surface area (Å²) in [5.74, 6) is -1.10. The number of hydrogen-bond acceptors (Lipinski definition) is 5. The van der Waals surface area contributed by atoms with E-state index in [1.54, 1.807) is 0 Å². The summed E-state index contributed by atoms with van der Waals surface area (Å²) >= 11 is 0. The number of aryl methyl sites for hydroxylation is 1. The number of nitrogens with zero attached hydrogens (tertiary/aromatic N) is 1. The lowest BCUT2D eigenvalue weighted by Gasteiger charge is -2.09. The van der Waals surface area contributed by atoms with E-state index in [-0.39, 0.29) is 22.9 Å². The smallest absolute Gasteiger partial charge is 0.406 e. The van der Waals surface area contributed by atoms with E-state index in [1.807, 2.05) is 0 Å². The highest BCUT2D eigenvalue weighted by Gasteiger charge is 2.31. The molecule has 0 aliphatic rings. The zero-order valence-corrected chi connectivity index (χ0v) is 10.7. The van der Waals surface area contributed by atoms with E-state index in [4.69, 9.17) is 5.73 Å². The first-order valence-corrected chi connectivity index (χ1v) is 5.65. The Morgan fingerprint density at radius 2 is 1.95 bits per heavy atom. The van der Waals surface area contributed by atoms with Gasteiger partial charge in [-0.3, -0.25) is 4.79 Å². The van der Waals surface area contributed by atoms with Crippen molar-refractivity contribution in [2.75, 3.05) is 11.1 Å². The fraction of sp³-hybridized carbons (Fsp3) is 0.167. The summed E-state index contributed by atoms with van der Waals surface area (Å²) in [5, 5.41) is 5.99. The van der Waals surface area contributed by atoms with Crippen LogP contribution in [0.15, 0.2) is 28.8 Å². The highest BCUT2D eigenvalue weighted by molar-refractivity contribution is 6.07. The maximum Gasteiger partial charge on any atom is 0.573 e. The van der Waals surface area contributed by atoms with Crippen LogP contribution in [0.1, 0.15) is 16.1 Å². The molecular formula is C12H10F3N3O3. The second-order valence-electron chi connectivity index (χ2n) is 4.03. The summed E-state index contributed by atoms with van der Waals surface area (Å²) in [6.45, 7) is 1.54. The molecule has 1 aromatic heterocycles. The van der Waals surface area contributed by atoms with Gasteiger partial charge in [-0.2, -0.15) is 0 Å². The number of nitrogens with two attached hydrogens (primary N) is 1. The van der Waals surface area contributed by atoms with E-state index in [1.165, 1.54) is 19.1 Å². The monoisotopic (exact) mass is 301 g/mol. The minimum atomic E-state index is -4.77. The lowest BCUT2D eigenvalue weighted by Crippen LogP contribution is -2.17. The molecule has 0 saturated heterocycles. The van der Waals surface area contributed by atoms with E-state index in [9.17, 15) is 18.0 Å². The predicted octanol–water partition coefficient (Wildman–Crippen LogP) is 2.72. The molecule has 1 heterocycles. The standard InChI is InChI=1S/C12H10F3N3O3/c1-6-9(10(16)21-18-6)11(19)17-7-2-4-8(5-3-7)20-12(13,14)15/h2-5H,16H2,1H3,(H,17,19). The molecule has 1 aromatic carbocycles. The van der Waals surface area contributed by atoms with Gasteiger partial charge in [-0.1, -0.05) is 5.16 Å². The zero-order valence-electron chi connectivity index (χ0n) is 10.7. The summed E-state index contributed by atoms with van der Waals surface area (Å²) in [5.41, 5.74) is 6.11. The van der Waals surface area contributed by atoms with Gasteiger partial charge in [0.1, 0.15) is 11.3 Å². The van der Waals surface area contributed by atoms with Gasteiger partial charge < -0.3 is 20.3 Å². The van der Waals surface area contributed by atoms with Crippen LogP contribution < -0.4 is 15.8 Å². The van der Waals surface area contributed by atoms with E-state index in [2.05, 4.69) is 19.7 Å². The van der Waals surface area contributed by atoms with Gasteiger partial charge in [0.15, 0.2) is 0 Å². The summed E-state index contributed by atoms with van der Waals surface area (Å²) in [4.78, 5) is 11.9. The summed E-state index contributed by atoms with van der Waals surface area (Å²) in [7, 11) is 0.